The highest BCUT2D eigenvalue weighted by atomic mass is 16.5. The van der Waals surface area contributed by atoms with Gasteiger partial charge in [0.15, 0.2) is 0 Å². The Labute approximate surface area is 211 Å². The molecule has 1 fully saturated rings. The highest BCUT2D eigenvalue weighted by Crippen LogP contribution is 2.42. The maximum absolute atomic E-state index is 13.3. The molecule has 0 aliphatic carbocycles. The van der Waals surface area contributed by atoms with Crippen LogP contribution in [-0.4, -0.2) is 35.0 Å². The number of aromatic nitrogens is 1. The van der Waals surface area contributed by atoms with E-state index in [0.29, 0.717) is 47.4 Å². The van der Waals surface area contributed by atoms with Crippen LogP contribution in [0.1, 0.15) is 43.5 Å². The summed E-state index contributed by atoms with van der Waals surface area (Å²) in [4.78, 5) is 32.2. The number of benzene rings is 2. The zero-order valence-electron chi connectivity index (χ0n) is 20.9. The van der Waals surface area contributed by atoms with Crippen LogP contribution in [0.15, 0.2) is 72.6 Å². The molecule has 2 heterocycles. The van der Waals surface area contributed by atoms with Gasteiger partial charge in [-0.2, -0.15) is 0 Å². The average molecular weight is 487 g/mol. The van der Waals surface area contributed by atoms with Gasteiger partial charge in [0.25, 0.3) is 11.7 Å². The van der Waals surface area contributed by atoms with Gasteiger partial charge in [-0.3, -0.25) is 19.5 Å². The normalized spacial score (nSPS) is 17.0. The van der Waals surface area contributed by atoms with Crippen molar-refractivity contribution in [1.82, 2.24) is 4.98 Å². The number of anilines is 1. The summed E-state index contributed by atoms with van der Waals surface area (Å²) >= 11 is 0. The maximum atomic E-state index is 13.3. The molecule has 36 heavy (non-hydrogen) atoms. The minimum absolute atomic E-state index is 0.00469. The molecule has 4 rings (SSSR count). The van der Waals surface area contributed by atoms with Gasteiger partial charge in [-0.05, 0) is 67.3 Å². The Balaban J connectivity index is 1.83. The second kappa shape index (κ2) is 10.6. The van der Waals surface area contributed by atoms with Crippen molar-refractivity contribution in [2.75, 3.05) is 18.1 Å². The first-order chi connectivity index (χ1) is 17.3. The van der Waals surface area contributed by atoms with Gasteiger partial charge in [0, 0.05) is 29.7 Å². The Morgan fingerprint density at radius 2 is 1.89 bits per heavy atom. The van der Waals surface area contributed by atoms with Crippen LogP contribution in [-0.2, 0) is 9.59 Å². The monoisotopic (exact) mass is 486 g/mol. The number of ketones is 1. The van der Waals surface area contributed by atoms with E-state index in [1.807, 2.05) is 13.8 Å². The molecule has 1 aromatic heterocycles. The number of hydrogen-bond donors (Lipinski definition) is 1. The molecule has 0 radical (unpaired) electrons. The molecular formula is C29H30N2O5. The number of aryl methyl sites for hydroxylation is 1. The molecule has 3 aromatic rings. The minimum atomic E-state index is -0.854. The molecule has 0 bridgehead atoms. The fraction of sp³-hybridized carbons (Fsp3) is 0.276. The zero-order chi connectivity index (χ0) is 25.8. The number of amides is 1. The third-order valence-corrected chi connectivity index (χ3v) is 5.87. The predicted octanol–water partition coefficient (Wildman–Crippen LogP) is 5.45. The zero-order valence-corrected chi connectivity index (χ0v) is 20.9. The fourth-order valence-corrected chi connectivity index (χ4v) is 4.21. The van der Waals surface area contributed by atoms with E-state index in [1.54, 1.807) is 67.0 Å². The molecule has 1 N–H and O–H groups in total. The first kappa shape index (κ1) is 25.0. The number of nitrogens with zero attached hydrogens (tertiary/aromatic N) is 2. The van der Waals surface area contributed by atoms with Gasteiger partial charge in [0.1, 0.15) is 17.3 Å². The lowest BCUT2D eigenvalue weighted by atomic mass is 9.95. The number of aliphatic hydroxyl groups excluding tert-OH is 1. The Morgan fingerprint density at radius 3 is 2.56 bits per heavy atom. The van der Waals surface area contributed by atoms with Crippen molar-refractivity contribution in [2.45, 2.75) is 33.7 Å². The summed E-state index contributed by atoms with van der Waals surface area (Å²) in [7, 11) is 0. The summed E-state index contributed by atoms with van der Waals surface area (Å²) in [6.07, 6.45) is 3.21. The number of aliphatic hydroxyl groups is 1. The van der Waals surface area contributed by atoms with Crippen LogP contribution >= 0.6 is 0 Å². The van der Waals surface area contributed by atoms with Crippen molar-refractivity contribution in [3.8, 4) is 11.5 Å². The summed E-state index contributed by atoms with van der Waals surface area (Å²) in [6.45, 7) is 8.91. The molecule has 1 aliphatic heterocycles. The van der Waals surface area contributed by atoms with E-state index >= 15 is 0 Å². The second-order valence-corrected chi connectivity index (χ2v) is 9.07. The van der Waals surface area contributed by atoms with Gasteiger partial charge in [0.05, 0.1) is 24.8 Å². The summed E-state index contributed by atoms with van der Waals surface area (Å²) in [5.41, 5.74) is 2.35. The number of rotatable bonds is 8. The molecule has 0 saturated carbocycles. The molecule has 1 unspecified atom stereocenters. The predicted molar refractivity (Wildman–Crippen MR) is 138 cm³/mol. The molecule has 1 aliphatic rings. The number of Topliss-reactive ketones (excluding diaryl/α,β-unsaturated/α-hetero) is 1. The van der Waals surface area contributed by atoms with E-state index in [0.717, 1.165) is 5.56 Å². The number of hydrogen-bond acceptors (Lipinski definition) is 6. The van der Waals surface area contributed by atoms with Crippen LogP contribution in [0.5, 0.6) is 11.5 Å². The van der Waals surface area contributed by atoms with Crippen LogP contribution in [0, 0.1) is 12.8 Å². The smallest absolute Gasteiger partial charge is 0.300 e. The van der Waals surface area contributed by atoms with E-state index in [4.69, 9.17) is 9.47 Å². The van der Waals surface area contributed by atoms with Gasteiger partial charge < -0.3 is 14.6 Å². The van der Waals surface area contributed by atoms with Crippen LogP contribution in [0.3, 0.4) is 0 Å². The second-order valence-electron chi connectivity index (χ2n) is 9.07. The standard InChI is InChI=1S/C29H30N2O5/c1-5-35-23-10-6-9-22(15-23)31-26(21-8-7-13-30-16-21)25(28(33)29(31)34)27(32)20-11-12-24(19(4)14-20)36-17-18(2)3/h6-16,18,26,32H,5,17H2,1-4H3/b27-25+. The fourth-order valence-electron chi connectivity index (χ4n) is 4.21. The summed E-state index contributed by atoms with van der Waals surface area (Å²) in [5.74, 6) is -0.0846. The lowest BCUT2D eigenvalue weighted by Crippen LogP contribution is -2.29. The van der Waals surface area contributed by atoms with Crippen molar-refractivity contribution in [3.63, 3.8) is 0 Å². The topological polar surface area (TPSA) is 89.0 Å². The molecule has 7 heteroatoms. The lowest BCUT2D eigenvalue weighted by Gasteiger charge is -2.25. The summed E-state index contributed by atoms with van der Waals surface area (Å²) < 4.78 is 11.4. The van der Waals surface area contributed by atoms with Crippen molar-refractivity contribution in [2.24, 2.45) is 5.92 Å². The molecule has 7 nitrogen and oxygen atoms in total. The van der Waals surface area contributed by atoms with Gasteiger partial charge in [-0.1, -0.05) is 26.0 Å². The number of ether oxygens (including phenoxy) is 2. The SMILES string of the molecule is CCOc1cccc(N2C(=O)C(=O)/C(=C(/O)c3ccc(OCC(C)C)c(C)c3)C2c2cccnc2)c1. The maximum Gasteiger partial charge on any atom is 0.300 e. The summed E-state index contributed by atoms with van der Waals surface area (Å²) in [6, 6.07) is 14.9. The Kier molecular flexibility index (Phi) is 7.38. The van der Waals surface area contributed by atoms with Crippen molar-refractivity contribution in [1.29, 1.82) is 0 Å². The molecule has 0 spiro atoms. The van der Waals surface area contributed by atoms with Gasteiger partial charge in [0.2, 0.25) is 0 Å². The summed E-state index contributed by atoms with van der Waals surface area (Å²) in [5, 5.41) is 11.4. The molecule has 186 valence electrons. The first-order valence-corrected chi connectivity index (χ1v) is 12.0. The Morgan fingerprint density at radius 1 is 1.08 bits per heavy atom. The van der Waals surface area contributed by atoms with Crippen LogP contribution in [0.25, 0.3) is 5.76 Å². The number of pyridine rings is 1. The molecule has 1 atom stereocenters. The van der Waals surface area contributed by atoms with E-state index in [9.17, 15) is 14.7 Å². The van der Waals surface area contributed by atoms with E-state index in [1.165, 1.54) is 4.90 Å². The first-order valence-electron chi connectivity index (χ1n) is 12.0. The highest BCUT2D eigenvalue weighted by molar-refractivity contribution is 6.51. The van der Waals surface area contributed by atoms with Crippen molar-refractivity contribution >= 4 is 23.1 Å². The largest absolute Gasteiger partial charge is 0.507 e. The minimum Gasteiger partial charge on any atom is -0.507 e. The Hall–Kier alpha value is -4.13. The van der Waals surface area contributed by atoms with Crippen LogP contribution < -0.4 is 14.4 Å². The van der Waals surface area contributed by atoms with Crippen LogP contribution in [0.2, 0.25) is 0 Å². The highest BCUT2D eigenvalue weighted by Gasteiger charge is 2.47. The van der Waals surface area contributed by atoms with Gasteiger partial charge >= 0.3 is 0 Å². The van der Waals surface area contributed by atoms with Gasteiger partial charge in [-0.25, -0.2) is 0 Å². The third-order valence-electron chi connectivity index (χ3n) is 5.87. The van der Waals surface area contributed by atoms with Crippen LogP contribution in [0.4, 0.5) is 5.69 Å². The number of carbonyl (C=O) groups is 2. The van der Waals surface area contributed by atoms with Crippen molar-refractivity contribution < 1.29 is 24.2 Å². The molecule has 2 aromatic carbocycles. The van der Waals surface area contributed by atoms with Crippen molar-refractivity contribution in [3.05, 3.63) is 89.3 Å². The van der Waals surface area contributed by atoms with Gasteiger partial charge in [-0.15, -0.1) is 0 Å². The Bertz CT molecular complexity index is 1300. The third kappa shape index (κ3) is 4.96. The van der Waals surface area contributed by atoms with E-state index in [-0.39, 0.29) is 11.3 Å². The molecular weight excluding hydrogens is 456 g/mol. The molecule has 1 saturated heterocycles. The molecule has 1 amide bonds. The number of carbonyl (C=O) groups excluding carboxylic acids is 2. The quantitative estimate of drug-likeness (QED) is 0.259. The lowest BCUT2D eigenvalue weighted by molar-refractivity contribution is -0.132. The van der Waals surface area contributed by atoms with E-state index < -0.39 is 17.7 Å². The average Bonchev–Trinajstić information content (AvgIpc) is 3.14. The van der Waals surface area contributed by atoms with E-state index in [2.05, 4.69) is 18.8 Å².